The number of cyclic esters (lactones) is 1. The molecule has 3 aliphatic rings. The second-order valence-electron chi connectivity index (χ2n) is 7.53. The van der Waals surface area contributed by atoms with Crippen molar-refractivity contribution in [2.45, 2.75) is 24.6 Å². The second-order valence-corrected chi connectivity index (χ2v) is 9.70. The van der Waals surface area contributed by atoms with Gasteiger partial charge in [0.2, 0.25) is 0 Å². The van der Waals surface area contributed by atoms with Gasteiger partial charge in [-0.15, -0.1) is 11.3 Å². The topological polar surface area (TPSA) is 231 Å². The number of ether oxygens (including phenoxy) is 1. The summed E-state index contributed by atoms with van der Waals surface area (Å²) in [5, 5.41) is 16.5. The average Bonchev–Trinajstić information content (AvgIpc) is 3.23. The van der Waals surface area contributed by atoms with Gasteiger partial charge >= 0.3 is 22.4 Å². The molecule has 2 unspecified atom stereocenters. The van der Waals surface area contributed by atoms with E-state index in [2.05, 4.69) is 15.5 Å². The van der Waals surface area contributed by atoms with E-state index in [0.29, 0.717) is 0 Å². The van der Waals surface area contributed by atoms with Crippen LogP contribution in [0, 0.1) is 5.92 Å². The van der Waals surface area contributed by atoms with Crippen molar-refractivity contribution in [3.8, 4) is 0 Å². The Morgan fingerprint density at radius 2 is 2.15 bits per heavy atom. The maximum absolute atomic E-state index is 13.0. The molecule has 0 aromatic carbocycles. The SMILES string of the molecule is Nc1nc(/C(=N/OC2CC2C(=O)O)C(=O)N[C@@H]2C(=O)N(S(=O)(=O)O)[C@@H]2CN2CCOC2=O)cs1. The number of aromatic nitrogens is 1. The summed E-state index contributed by atoms with van der Waals surface area (Å²) in [6.07, 6.45) is -1.32. The number of nitrogens with zero attached hydrogens (tertiary/aromatic N) is 4. The summed E-state index contributed by atoms with van der Waals surface area (Å²) in [4.78, 5) is 58.3. The number of oxime groups is 1. The number of rotatable bonds is 9. The van der Waals surface area contributed by atoms with Crippen LogP contribution in [0.3, 0.4) is 0 Å². The van der Waals surface area contributed by atoms with Crippen LogP contribution in [0.1, 0.15) is 12.1 Å². The summed E-state index contributed by atoms with van der Waals surface area (Å²) in [5.74, 6) is -4.01. The number of amides is 3. The lowest BCUT2D eigenvalue weighted by molar-refractivity contribution is -0.145. The largest absolute Gasteiger partial charge is 0.481 e. The maximum atomic E-state index is 13.0. The van der Waals surface area contributed by atoms with Crippen LogP contribution in [0.4, 0.5) is 9.93 Å². The predicted octanol–water partition coefficient (Wildman–Crippen LogP) is -2.13. The number of carbonyl (C=O) groups is 4. The molecule has 3 fully saturated rings. The van der Waals surface area contributed by atoms with Gasteiger partial charge in [-0.1, -0.05) is 5.16 Å². The molecule has 1 aliphatic carbocycles. The fourth-order valence-corrected chi connectivity index (χ4v) is 4.86. The molecule has 0 radical (unpaired) electrons. The van der Waals surface area contributed by atoms with Crippen LogP contribution in [0.5, 0.6) is 0 Å². The number of hydrogen-bond acceptors (Lipinski definition) is 12. The van der Waals surface area contributed by atoms with Gasteiger partial charge in [0, 0.05) is 18.3 Å². The molecule has 16 nitrogen and oxygen atoms in total. The van der Waals surface area contributed by atoms with Crippen molar-refractivity contribution < 1.29 is 46.8 Å². The smallest absolute Gasteiger partial charge is 0.410 e. The van der Waals surface area contributed by atoms with Crippen LogP contribution in [-0.4, -0.2) is 99.7 Å². The summed E-state index contributed by atoms with van der Waals surface area (Å²) >= 11 is 0.981. The summed E-state index contributed by atoms with van der Waals surface area (Å²) in [5.41, 5.74) is 5.15. The molecule has 1 aromatic heterocycles. The van der Waals surface area contributed by atoms with Gasteiger partial charge in [-0.2, -0.15) is 8.42 Å². The number of carboxylic acid groups (broad SMARTS) is 1. The third-order valence-electron chi connectivity index (χ3n) is 5.26. The van der Waals surface area contributed by atoms with Crippen LogP contribution < -0.4 is 11.1 Å². The molecular weight excluding hydrogens is 500 g/mol. The second kappa shape index (κ2) is 8.69. The number of carboxylic acids is 1. The van der Waals surface area contributed by atoms with E-state index in [1.54, 1.807) is 0 Å². The van der Waals surface area contributed by atoms with Gasteiger partial charge in [0.25, 0.3) is 11.8 Å². The Morgan fingerprint density at radius 1 is 1.41 bits per heavy atom. The number of β-lactam (4-membered cyclic amide) rings is 1. The minimum atomic E-state index is -4.97. The highest BCUT2D eigenvalue weighted by molar-refractivity contribution is 7.84. The van der Waals surface area contributed by atoms with Crippen molar-refractivity contribution in [3.63, 3.8) is 0 Å². The van der Waals surface area contributed by atoms with Crippen molar-refractivity contribution in [2.24, 2.45) is 11.1 Å². The molecule has 18 heteroatoms. The third-order valence-corrected chi connectivity index (χ3v) is 6.89. The molecule has 0 spiro atoms. The zero-order chi connectivity index (χ0) is 24.8. The molecule has 1 saturated carbocycles. The van der Waals surface area contributed by atoms with Crippen LogP contribution in [0.25, 0.3) is 0 Å². The van der Waals surface area contributed by atoms with E-state index in [4.69, 9.17) is 20.4 Å². The Balaban J connectivity index is 1.53. The van der Waals surface area contributed by atoms with E-state index in [9.17, 15) is 32.1 Å². The molecule has 3 amide bonds. The van der Waals surface area contributed by atoms with E-state index in [1.165, 1.54) is 5.38 Å². The lowest BCUT2D eigenvalue weighted by atomic mass is 9.97. The van der Waals surface area contributed by atoms with Gasteiger partial charge < -0.3 is 30.6 Å². The number of nitrogens with one attached hydrogen (secondary N) is 1. The van der Waals surface area contributed by atoms with Crippen molar-refractivity contribution in [1.29, 1.82) is 0 Å². The molecule has 2 saturated heterocycles. The van der Waals surface area contributed by atoms with E-state index in [0.717, 1.165) is 16.2 Å². The molecule has 0 bridgehead atoms. The van der Waals surface area contributed by atoms with Gasteiger partial charge in [-0.3, -0.25) is 18.9 Å². The molecule has 184 valence electrons. The lowest BCUT2D eigenvalue weighted by Gasteiger charge is -2.45. The predicted molar refractivity (Wildman–Crippen MR) is 111 cm³/mol. The number of thiazole rings is 1. The Morgan fingerprint density at radius 3 is 2.68 bits per heavy atom. The molecule has 5 N–H and O–H groups in total. The highest BCUT2D eigenvalue weighted by Gasteiger charge is 2.55. The monoisotopic (exact) mass is 518 g/mol. The van der Waals surface area contributed by atoms with Crippen LogP contribution in [0.15, 0.2) is 10.5 Å². The van der Waals surface area contributed by atoms with Gasteiger partial charge in [-0.25, -0.2) is 14.1 Å². The van der Waals surface area contributed by atoms with Crippen LogP contribution in [-0.2, 0) is 34.3 Å². The molecule has 34 heavy (non-hydrogen) atoms. The fourth-order valence-electron chi connectivity index (χ4n) is 3.44. The first-order valence-electron chi connectivity index (χ1n) is 9.68. The zero-order valence-corrected chi connectivity index (χ0v) is 18.7. The minimum Gasteiger partial charge on any atom is -0.481 e. The van der Waals surface area contributed by atoms with E-state index in [1.807, 2.05) is 0 Å². The molecular formula is C16H18N6O10S2. The summed E-state index contributed by atoms with van der Waals surface area (Å²) in [6.45, 7) is -0.168. The first-order chi connectivity index (χ1) is 16.0. The number of aliphatic carboxylic acids is 1. The Hall–Kier alpha value is -3.51. The Kier molecular flexibility index (Phi) is 6.04. The van der Waals surface area contributed by atoms with Crippen LogP contribution >= 0.6 is 11.3 Å². The molecule has 1 aromatic rings. The number of hydrogen-bond donors (Lipinski definition) is 4. The Labute approximate surface area is 195 Å². The van der Waals surface area contributed by atoms with Gasteiger partial charge in [0.1, 0.15) is 24.4 Å². The van der Waals surface area contributed by atoms with Crippen molar-refractivity contribution >= 4 is 56.4 Å². The van der Waals surface area contributed by atoms with E-state index in [-0.39, 0.29) is 41.2 Å². The normalized spacial score (nSPS) is 26.7. The standard InChI is InChI=1S/C16H18N6O10S2/c17-15-18-7(5-33-15)10(20-32-9-3-6(9)14(25)26)12(23)19-11-8(4-21-1-2-31-16(21)27)22(13(11)24)34(28,29)30/h5-6,8-9,11H,1-4H2,(H2,17,18)(H,19,23)(H,25,26)(H,28,29,30)/b20-10-/t6?,8-,9?,11+/m1/s1. The number of carbonyl (C=O) groups excluding carboxylic acids is 3. The zero-order valence-electron chi connectivity index (χ0n) is 17.1. The van der Waals surface area contributed by atoms with Gasteiger partial charge in [0.05, 0.1) is 18.5 Å². The van der Waals surface area contributed by atoms with Gasteiger partial charge in [-0.05, 0) is 0 Å². The van der Waals surface area contributed by atoms with Crippen molar-refractivity contribution in [1.82, 2.24) is 19.5 Å². The first-order valence-corrected chi connectivity index (χ1v) is 12.0. The minimum absolute atomic E-state index is 0.0226. The van der Waals surface area contributed by atoms with Gasteiger partial charge in [0.15, 0.2) is 10.8 Å². The van der Waals surface area contributed by atoms with E-state index >= 15 is 0 Å². The number of nitrogens with two attached hydrogens (primary N) is 1. The van der Waals surface area contributed by atoms with E-state index < -0.39 is 64.0 Å². The van der Waals surface area contributed by atoms with Crippen molar-refractivity contribution in [3.05, 3.63) is 11.1 Å². The maximum Gasteiger partial charge on any atom is 0.410 e. The quantitative estimate of drug-likeness (QED) is 0.119. The number of nitrogen functional groups attached to an aromatic ring is 1. The third kappa shape index (κ3) is 4.59. The molecule has 4 atom stereocenters. The van der Waals surface area contributed by atoms with Crippen molar-refractivity contribution in [2.75, 3.05) is 25.4 Å². The van der Waals surface area contributed by atoms with Crippen LogP contribution in [0.2, 0.25) is 0 Å². The number of anilines is 1. The summed E-state index contributed by atoms with van der Waals surface area (Å²) in [7, 11) is -4.97. The highest BCUT2D eigenvalue weighted by atomic mass is 32.2. The highest BCUT2D eigenvalue weighted by Crippen LogP contribution is 2.34. The molecule has 3 heterocycles. The average molecular weight is 518 g/mol. The summed E-state index contributed by atoms with van der Waals surface area (Å²) < 4.78 is 37.6. The summed E-state index contributed by atoms with van der Waals surface area (Å²) in [6, 6.07) is -2.77. The fraction of sp³-hybridized carbons (Fsp3) is 0.500. The molecule has 4 rings (SSSR count). The molecule has 2 aliphatic heterocycles. The lowest BCUT2D eigenvalue weighted by Crippen LogP contribution is -2.74. The first kappa shape index (κ1) is 23.6. The Bertz CT molecular complexity index is 1180.